The summed E-state index contributed by atoms with van der Waals surface area (Å²) in [6.07, 6.45) is 1.66. The topological polar surface area (TPSA) is 105 Å². The molecular weight excluding hydrogens is 453 g/mol. The summed E-state index contributed by atoms with van der Waals surface area (Å²) in [5, 5.41) is 5.98. The van der Waals surface area contributed by atoms with Crippen LogP contribution in [0.15, 0.2) is 4.99 Å². The number of rotatable bonds is 7. The Morgan fingerprint density at radius 1 is 1.13 bits per heavy atom. The molecule has 0 aromatic rings. The zero-order valence-electron chi connectivity index (χ0n) is 14.7. The lowest BCUT2D eigenvalue weighted by Crippen LogP contribution is -2.45. The molecule has 7 nitrogen and oxygen atoms in total. The van der Waals surface area contributed by atoms with Crippen LogP contribution in [0.1, 0.15) is 34.1 Å². The average molecular weight is 483 g/mol. The molecule has 0 amide bonds. The number of nitrogens with one attached hydrogen (secondary N) is 2. The third-order valence-electron chi connectivity index (χ3n) is 3.12. The van der Waals surface area contributed by atoms with E-state index in [-0.39, 0.29) is 48.1 Å². The van der Waals surface area contributed by atoms with Gasteiger partial charge in [-0.3, -0.25) is 4.99 Å². The van der Waals surface area contributed by atoms with Crippen LogP contribution in [0.25, 0.3) is 0 Å². The molecule has 0 aliphatic carbocycles. The lowest BCUT2D eigenvalue weighted by molar-refractivity contribution is 0.558. The molecule has 0 aliphatic heterocycles. The highest BCUT2D eigenvalue weighted by molar-refractivity contribution is 14.0. The molecule has 0 rings (SSSR count). The molecule has 0 aliphatic rings. The minimum absolute atomic E-state index is 0. The van der Waals surface area contributed by atoms with Crippen molar-refractivity contribution < 1.29 is 16.8 Å². The normalized spacial score (nSPS) is 14.8. The summed E-state index contributed by atoms with van der Waals surface area (Å²) in [5.74, 6) is 0.566. The molecule has 1 atom stereocenters. The monoisotopic (exact) mass is 483 g/mol. The van der Waals surface area contributed by atoms with E-state index >= 15 is 0 Å². The molecule has 0 aromatic heterocycles. The SMILES string of the molecule is CN=C(NCCS(=O)(=O)C(C)(C)C)NC(C)CCS(C)(=O)=O.I. The van der Waals surface area contributed by atoms with Gasteiger partial charge in [0, 0.05) is 25.9 Å². The highest BCUT2D eigenvalue weighted by atomic mass is 127. The van der Waals surface area contributed by atoms with Gasteiger partial charge in [-0.1, -0.05) is 0 Å². The maximum Gasteiger partial charge on any atom is 0.191 e. The van der Waals surface area contributed by atoms with Gasteiger partial charge in [-0.05, 0) is 34.1 Å². The highest BCUT2D eigenvalue weighted by Crippen LogP contribution is 2.15. The van der Waals surface area contributed by atoms with Crippen LogP contribution in [0.5, 0.6) is 0 Å². The quantitative estimate of drug-likeness (QED) is 0.316. The summed E-state index contributed by atoms with van der Waals surface area (Å²) in [6.45, 7) is 7.11. The lowest BCUT2D eigenvalue weighted by atomic mass is 10.3. The van der Waals surface area contributed by atoms with Crippen LogP contribution in [0.4, 0.5) is 0 Å². The second-order valence-corrected chi connectivity index (χ2v) is 11.5. The second kappa shape index (κ2) is 10.0. The van der Waals surface area contributed by atoms with Crippen molar-refractivity contribution in [1.82, 2.24) is 10.6 Å². The number of halogens is 1. The van der Waals surface area contributed by atoms with Gasteiger partial charge in [0.15, 0.2) is 15.8 Å². The van der Waals surface area contributed by atoms with Crippen molar-refractivity contribution >= 4 is 49.6 Å². The highest BCUT2D eigenvalue weighted by Gasteiger charge is 2.28. The van der Waals surface area contributed by atoms with E-state index in [1.54, 1.807) is 27.8 Å². The number of sulfone groups is 2. The molecule has 2 N–H and O–H groups in total. The Morgan fingerprint density at radius 3 is 2.04 bits per heavy atom. The van der Waals surface area contributed by atoms with Crippen LogP contribution < -0.4 is 10.6 Å². The first-order valence-corrected chi connectivity index (χ1v) is 10.9. The van der Waals surface area contributed by atoms with Crippen LogP contribution in [-0.4, -0.2) is 64.9 Å². The fourth-order valence-corrected chi connectivity index (χ4v) is 3.27. The summed E-state index contributed by atoms with van der Waals surface area (Å²) in [4.78, 5) is 4.00. The number of nitrogens with zero attached hydrogens (tertiary/aromatic N) is 1. The third kappa shape index (κ3) is 11.1. The zero-order chi connectivity index (χ0) is 17.6. The zero-order valence-corrected chi connectivity index (χ0v) is 18.7. The molecule has 0 saturated heterocycles. The number of aliphatic imine (C=N–C) groups is 1. The van der Waals surface area contributed by atoms with E-state index in [2.05, 4.69) is 15.6 Å². The number of hydrogen-bond acceptors (Lipinski definition) is 5. The van der Waals surface area contributed by atoms with Crippen molar-refractivity contribution in [3.8, 4) is 0 Å². The third-order valence-corrected chi connectivity index (χ3v) is 6.71. The molecule has 0 bridgehead atoms. The summed E-state index contributed by atoms with van der Waals surface area (Å²) >= 11 is 0. The predicted molar refractivity (Wildman–Crippen MR) is 107 cm³/mol. The summed E-state index contributed by atoms with van der Waals surface area (Å²) in [6, 6.07) is -0.0832. The molecule has 0 spiro atoms. The van der Waals surface area contributed by atoms with Crippen molar-refractivity contribution in [2.75, 3.05) is 31.4 Å². The van der Waals surface area contributed by atoms with E-state index in [0.717, 1.165) is 0 Å². The molecule has 0 fully saturated rings. The maximum absolute atomic E-state index is 12.0. The summed E-state index contributed by atoms with van der Waals surface area (Å²) in [7, 11) is -4.60. The second-order valence-electron chi connectivity index (χ2n) is 6.39. The van der Waals surface area contributed by atoms with E-state index in [9.17, 15) is 16.8 Å². The number of hydrogen-bond donors (Lipinski definition) is 2. The summed E-state index contributed by atoms with van der Waals surface area (Å²) in [5.41, 5.74) is 0. The molecule has 0 heterocycles. The Labute approximate surface area is 158 Å². The molecule has 0 radical (unpaired) electrons. The van der Waals surface area contributed by atoms with Crippen LogP contribution in [0.2, 0.25) is 0 Å². The first kappa shape index (κ1) is 25.1. The van der Waals surface area contributed by atoms with Gasteiger partial charge in [0.1, 0.15) is 9.84 Å². The van der Waals surface area contributed by atoms with E-state index in [0.29, 0.717) is 12.4 Å². The fourth-order valence-electron chi connectivity index (χ4n) is 1.50. The Balaban J connectivity index is 0. The van der Waals surface area contributed by atoms with Gasteiger partial charge in [-0.25, -0.2) is 16.8 Å². The number of guanidine groups is 1. The molecule has 23 heavy (non-hydrogen) atoms. The van der Waals surface area contributed by atoms with Crippen LogP contribution in [-0.2, 0) is 19.7 Å². The van der Waals surface area contributed by atoms with E-state index in [4.69, 9.17) is 0 Å². The van der Waals surface area contributed by atoms with E-state index in [1.165, 1.54) is 6.26 Å². The Bertz CT molecular complexity index is 581. The average Bonchev–Trinajstić information content (AvgIpc) is 2.32. The Kier molecular flexibility index (Phi) is 11.0. The maximum atomic E-state index is 12.0. The smallest absolute Gasteiger partial charge is 0.191 e. The van der Waals surface area contributed by atoms with Crippen molar-refractivity contribution in [2.45, 2.75) is 44.9 Å². The van der Waals surface area contributed by atoms with Gasteiger partial charge in [-0.2, -0.15) is 0 Å². The minimum Gasteiger partial charge on any atom is -0.355 e. The first-order valence-electron chi connectivity index (χ1n) is 7.16. The minimum atomic E-state index is -3.18. The predicted octanol–water partition coefficient (Wildman–Crippen LogP) is 0.806. The van der Waals surface area contributed by atoms with Gasteiger partial charge < -0.3 is 10.6 Å². The fraction of sp³-hybridized carbons (Fsp3) is 0.923. The Hall–Kier alpha value is -0.100. The van der Waals surface area contributed by atoms with E-state index < -0.39 is 24.4 Å². The van der Waals surface area contributed by atoms with Gasteiger partial charge >= 0.3 is 0 Å². The molecule has 1 unspecified atom stereocenters. The first-order chi connectivity index (χ1) is 9.78. The van der Waals surface area contributed by atoms with Gasteiger partial charge in [-0.15, -0.1) is 24.0 Å². The van der Waals surface area contributed by atoms with Gasteiger partial charge in [0.2, 0.25) is 0 Å². The van der Waals surface area contributed by atoms with Crippen LogP contribution in [0, 0.1) is 0 Å². The molecule has 10 heteroatoms. The van der Waals surface area contributed by atoms with Crippen molar-refractivity contribution in [2.24, 2.45) is 4.99 Å². The standard InChI is InChI=1S/C13H29N3O4S2.HI/c1-11(7-9-21(6,17)18)16-12(14-5)15-8-10-22(19,20)13(2,3)4;/h11H,7-10H2,1-6H3,(H2,14,15,16);1H. The Morgan fingerprint density at radius 2 is 1.65 bits per heavy atom. The van der Waals surface area contributed by atoms with Crippen LogP contribution >= 0.6 is 24.0 Å². The molecule has 0 aromatic carbocycles. The summed E-state index contributed by atoms with van der Waals surface area (Å²) < 4.78 is 45.5. The largest absolute Gasteiger partial charge is 0.355 e. The molecule has 0 saturated carbocycles. The van der Waals surface area contributed by atoms with Gasteiger partial charge in [0.05, 0.1) is 16.3 Å². The molecular formula is C13H30IN3O4S2. The molecule has 140 valence electrons. The van der Waals surface area contributed by atoms with Crippen LogP contribution in [0.3, 0.4) is 0 Å². The van der Waals surface area contributed by atoms with Crippen molar-refractivity contribution in [3.05, 3.63) is 0 Å². The van der Waals surface area contributed by atoms with Gasteiger partial charge in [0.25, 0.3) is 0 Å². The van der Waals surface area contributed by atoms with E-state index in [1.807, 2.05) is 6.92 Å². The van der Waals surface area contributed by atoms with Crippen molar-refractivity contribution in [1.29, 1.82) is 0 Å². The lowest BCUT2D eigenvalue weighted by Gasteiger charge is -2.21. The van der Waals surface area contributed by atoms with Crippen molar-refractivity contribution in [3.63, 3.8) is 0 Å².